The van der Waals surface area contributed by atoms with Gasteiger partial charge >= 0.3 is 0 Å². The van der Waals surface area contributed by atoms with E-state index in [1.807, 2.05) is 43.1 Å². The van der Waals surface area contributed by atoms with Crippen molar-refractivity contribution in [1.29, 1.82) is 0 Å². The van der Waals surface area contributed by atoms with Gasteiger partial charge in [-0.05, 0) is 44.5 Å². The van der Waals surface area contributed by atoms with Gasteiger partial charge in [0.2, 0.25) is 0 Å². The van der Waals surface area contributed by atoms with E-state index in [1.165, 1.54) is 0 Å². The van der Waals surface area contributed by atoms with Crippen LogP contribution in [0.4, 0.5) is 0 Å². The summed E-state index contributed by atoms with van der Waals surface area (Å²) in [6, 6.07) is 8.33. The molecule has 0 saturated carbocycles. The van der Waals surface area contributed by atoms with Crippen molar-refractivity contribution < 1.29 is 4.79 Å². The van der Waals surface area contributed by atoms with Crippen molar-refractivity contribution in [2.24, 2.45) is 0 Å². The van der Waals surface area contributed by atoms with E-state index in [2.05, 4.69) is 15.6 Å². The van der Waals surface area contributed by atoms with Gasteiger partial charge in [-0.2, -0.15) is 0 Å². The Morgan fingerprint density at radius 3 is 3.05 bits per heavy atom. The van der Waals surface area contributed by atoms with Crippen molar-refractivity contribution in [2.75, 3.05) is 20.1 Å². The zero-order chi connectivity index (χ0) is 15.5. The molecule has 6 heteroatoms. The highest BCUT2D eigenvalue weighted by Gasteiger charge is 2.25. The third-order valence-electron chi connectivity index (χ3n) is 4.10. The molecule has 1 N–H and O–H groups in total. The molecule has 6 nitrogen and oxygen atoms in total. The molecule has 22 heavy (non-hydrogen) atoms. The van der Waals surface area contributed by atoms with Crippen LogP contribution in [0.2, 0.25) is 0 Å². The Bertz CT molecular complexity index is 666. The van der Waals surface area contributed by atoms with E-state index in [1.54, 1.807) is 10.9 Å². The largest absolute Gasteiger partial charge is 0.336 e. The molecule has 1 aliphatic rings. The average Bonchev–Trinajstić information content (AvgIpc) is 3.04. The zero-order valence-electron chi connectivity index (χ0n) is 13.0. The average molecular weight is 299 g/mol. The highest BCUT2D eigenvalue weighted by molar-refractivity contribution is 5.92. The number of aryl methyl sites for hydroxylation is 1. The van der Waals surface area contributed by atoms with E-state index in [0.29, 0.717) is 11.7 Å². The van der Waals surface area contributed by atoms with Crippen molar-refractivity contribution in [3.8, 4) is 5.69 Å². The van der Waals surface area contributed by atoms with E-state index in [9.17, 15) is 4.79 Å². The Balaban J connectivity index is 1.77. The van der Waals surface area contributed by atoms with Crippen LogP contribution in [0.1, 0.15) is 28.9 Å². The molecule has 1 atom stereocenters. The molecular formula is C16H21N5O. The standard InChI is InChI=1S/C16H21N5O/c1-12-5-3-7-14(9-12)21-11-15(18-19-21)16(22)20-8-4-6-13(10-20)17-2/h3,5,7,9,11,13,17H,4,6,8,10H2,1-2H3/t13-/m1/s1. The molecule has 1 aromatic heterocycles. The van der Waals surface area contributed by atoms with Gasteiger partial charge in [-0.1, -0.05) is 17.3 Å². The summed E-state index contributed by atoms with van der Waals surface area (Å²) in [5.41, 5.74) is 2.46. The number of amides is 1. The normalized spacial score (nSPS) is 18.5. The Hall–Kier alpha value is -2.21. The lowest BCUT2D eigenvalue weighted by Crippen LogP contribution is -2.47. The lowest BCUT2D eigenvalue weighted by molar-refractivity contribution is 0.0692. The molecule has 2 aromatic rings. The van der Waals surface area contributed by atoms with Crippen molar-refractivity contribution in [1.82, 2.24) is 25.2 Å². The molecule has 3 rings (SSSR count). The van der Waals surface area contributed by atoms with Crippen LogP contribution in [0.5, 0.6) is 0 Å². The third kappa shape index (κ3) is 3.01. The summed E-state index contributed by atoms with van der Waals surface area (Å²) in [6.45, 7) is 3.54. The minimum Gasteiger partial charge on any atom is -0.336 e. The SMILES string of the molecule is CN[C@@H]1CCCN(C(=O)c2cn(-c3cccc(C)c3)nn2)C1. The number of likely N-dealkylation sites (tertiary alicyclic amines) is 1. The summed E-state index contributed by atoms with van der Waals surface area (Å²) in [7, 11) is 1.94. The van der Waals surface area contributed by atoms with Crippen LogP contribution in [0.15, 0.2) is 30.5 Å². The second-order valence-electron chi connectivity index (χ2n) is 5.77. The van der Waals surface area contributed by atoms with Crippen LogP contribution in [0.3, 0.4) is 0 Å². The highest BCUT2D eigenvalue weighted by Crippen LogP contribution is 2.14. The van der Waals surface area contributed by atoms with E-state index in [4.69, 9.17) is 0 Å². The van der Waals surface area contributed by atoms with E-state index >= 15 is 0 Å². The number of aromatic nitrogens is 3. The molecule has 1 aliphatic heterocycles. The lowest BCUT2D eigenvalue weighted by atomic mass is 10.1. The summed E-state index contributed by atoms with van der Waals surface area (Å²) in [5, 5.41) is 11.4. The van der Waals surface area contributed by atoms with Crippen molar-refractivity contribution in [3.63, 3.8) is 0 Å². The molecule has 1 amide bonds. The first-order valence-electron chi connectivity index (χ1n) is 7.63. The second-order valence-corrected chi connectivity index (χ2v) is 5.77. The van der Waals surface area contributed by atoms with Crippen LogP contribution >= 0.6 is 0 Å². The Labute approximate surface area is 130 Å². The number of likely N-dealkylation sites (N-methyl/N-ethyl adjacent to an activating group) is 1. The highest BCUT2D eigenvalue weighted by atomic mass is 16.2. The molecule has 1 fully saturated rings. The summed E-state index contributed by atoms with van der Waals surface area (Å²) in [4.78, 5) is 14.4. The van der Waals surface area contributed by atoms with Crippen LogP contribution in [0, 0.1) is 6.92 Å². The maximum atomic E-state index is 12.6. The van der Waals surface area contributed by atoms with Gasteiger partial charge in [0.15, 0.2) is 5.69 Å². The monoisotopic (exact) mass is 299 g/mol. The van der Waals surface area contributed by atoms with Crippen LogP contribution in [0.25, 0.3) is 5.69 Å². The number of nitrogens with one attached hydrogen (secondary N) is 1. The van der Waals surface area contributed by atoms with Gasteiger partial charge in [0.05, 0.1) is 11.9 Å². The maximum absolute atomic E-state index is 12.6. The first-order valence-corrected chi connectivity index (χ1v) is 7.63. The summed E-state index contributed by atoms with van der Waals surface area (Å²) in [5.74, 6) is -0.0427. The summed E-state index contributed by atoms with van der Waals surface area (Å²) < 4.78 is 1.65. The third-order valence-corrected chi connectivity index (χ3v) is 4.10. The number of rotatable bonds is 3. The minimum atomic E-state index is -0.0427. The molecule has 0 bridgehead atoms. The van der Waals surface area contributed by atoms with E-state index < -0.39 is 0 Å². The number of benzene rings is 1. The Morgan fingerprint density at radius 1 is 1.41 bits per heavy atom. The van der Waals surface area contributed by atoms with Crippen molar-refractivity contribution in [3.05, 3.63) is 41.7 Å². The van der Waals surface area contributed by atoms with Gasteiger partial charge < -0.3 is 10.2 Å². The van der Waals surface area contributed by atoms with Crippen LogP contribution < -0.4 is 5.32 Å². The smallest absolute Gasteiger partial charge is 0.276 e. The predicted molar refractivity (Wildman–Crippen MR) is 84.1 cm³/mol. The number of hydrogen-bond donors (Lipinski definition) is 1. The molecule has 0 aliphatic carbocycles. The molecule has 0 spiro atoms. The molecule has 1 aromatic carbocycles. The minimum absolute atomic E-state index is 0.0427. The topological polar surface area (TPSA) is 63.1 Å². The second kappa shape index (κ2) is 6.27. The number of hydrogen-bond acceptors (Lipinski definition) is 4. The quantitative estimate of drug-likeness (QED) is 0.930. The lowest BCUT2D eigenvalue weighted by Gasteiger charge is -2.31. The molecule has 0 unspecified atom stereocenters. The Morgan fingerprint density at radius 2 is 2.27 bits per heavy atom. The molecule has 2 heterocycles. The fourth-order valence-electron chi connectivity index (χ4n) is 2.82. The van der Waals surface area contributed by atoms with E-state index in [0.717, 1.165) is 37.2 Å². The van der Waals surface area contributed by atoms with E-state index in [-0.39, 0.29) is 5.91 Å². The van der Waals surface area contributed by atoms with Crippen LogP contribution in [-0.2, 0) is 0 Å². The number of carbonyl (C=O) groups excluding carboxylic acids is 1. The number of piperidine rings is 1. The zero-order valence-corrected chi connectivity index (χ0v) is 13.0. The van der Waals surface area contributed by atoms with Crippen molar-refractivity contribution in [2.45, 2.75) is 25.8 Å². The van der Waals surface area contributed by atoms with Gasteiger partial charge in [-0.15, -0.1) is 5.10 Å². The van der Waals surface area contributed by atoms with Gasteiger partial charge in [0, 0.05) is 19.1 Å². The van der Waals surface area contributed by atoms with Crippen LogP contribution in [-0.4, -0.2) is 52.0 Å². The molecule has 0 radical (unpaired) electrons. The summed E-state index contributed by atoms with van der Waals surface area (Å²) >= 11 is 0. The van der Waals surface area contributed by atoms with Gasteiger partial charge in [0.1, 0.15) is 0 Å². The van der Waals surface area contributed by atoms with Gasteiger partial charge in [0.25, 0.3) is 5.91 Å². The number of nitrogens with zero attached hydrogens (tertiary/aromatic N) is 4. The molecule has 116 valence electrons. The Kier molecular flexibility index (Phi) is 4.20. The first kappa shape index (κ1) is 14.7. The van der Waals surface area contributed by atoms with Crippen molar-refractivity contribution >= 4 is 5.91 Å². The maximum Gasteiger partial charge on any atom is 0.276 e. The fourth-order valence-corrected chi connectivity index (χ4v) is 2.82. The molecule has 1 saturated heterocycles. The summed E-state index contributed by atoms with van der Waals surface area (Å²) in [6.07, 6.45) is 3.83. The fraction of sp³-hybridized carbons (Fsp3) is 0.438. The first-order chi connectivity index (χ1) is 10.7. The van der Waals surface area contributed by atoms with Gasteiger partial charge in [-0.25, -0.2) is 4.68 Å². The molecular weight excluding hydrogens is 278 g/mol. The number of carbonyl (C=O) groups is 1. The predicted octanol–water partition coefficient (Wildman–Crippen LogP) is 1.40. The van der Waals surface area contributed by atoms with Gasteiger partial charge in [-0.3, -0.25) is 4.79 Å².